The fourth-order valence-electron chi connectivity index (χ4n) is 5.55. The molecule has 3 aromatic rings. The smallest absolute Gasteiger partial charge is 0.258 e. The van der Waals surface area contributed by atoms with Gasteiger partial charge in [-0.2, -0.15) is 0 Å². The summed E-state index contributed by atoms with van der Waals surface area (Å²) in [6, 6.07) is 23.4. The molecule has 0 spiro atoms. The first kappa shape index (κ1) is 27.7. The Balaban J connectivity index is 1.30. The first-order valence-corrected chi connectivity index (χ1v) is 15.7. The van der Waals surface area contributed by atoms with Gasteiger partial charge in [-0.1, -0.05) is 42.5 Å². The monoisotopic (exact) mass is 571 g/mol. The van der Waals surface area contributed by atoms with E-state index < -0.39 is 10.0 Å². The molecule has 2 fully saturated rings. The summed E-state index contributed by atoms with van der Waals surface area (Å²) in [4.78, 5) is 18.3. The number of benzene rings is 3. The van der Waals surface area contributed by atoms with Crippen LogP contribution < -0.4 is 15.4 Å². The van der Waals surface area contributed by atoms with E-state index in [0.717, 1.165) is 43.7 Å². The number of likely N-dealkylation sites (N-methyl/N-ethyl adjacent to an activating group) is 1. The standard InChI is InChI=1S/C32H37N5O3S/c1-36(2)26-16-17-37(21-26)20-23-10-12-25(13-11-23)34-31(24-6-4-3-5-7-24)30-28-18-27(14-15-29(28)35-32(30)38)41(39,40)33-19-22-8-9-22/h3-7,10-15,18,22,26,33-34H,8-9,16-17,19-21H2,1-2H3,(H,35,38)/b31-30-. The van der Waals surface area contributed by atoms with Crippen LogP contribution in [0.5, 0.6) is 0 Å². The number of amides is 1. The zero-order valence-electron chi connectivity index (χ0n) is 23.6. The first-order chi connectivity index (χ1) is 19.8. The molecule has 2 aliphatic heterocycles. The van der Waals surface area contributed by atoms with E-state index in [4.69, 9.17) is 0 Å². The molecule has 2 heterocycles. The summed E-state index contributed by atoms with van der Waals surface area (Å²) in [5.74, 6) is 0.149. The van der Waals surface area contributed by atoms with Crippen molar-refractivity contribution in [1.82, 2.24) is 14.5 Å². The van der Waals surface area contributed by atoms with Crippen LogP contribution in [-0.4, -0.2) is 63.9 Å². The maximum atomic E-state index is 13.4. The zero-order chi connectivity index (χ0) is 28.6. The lowest BCUT2D eigenvalue weighted by Crippen LogP contribution is -2.31. The van der Waals surface area contributed by atoms with Crippen LogP contribution in [0.4, 0.5) is 11.4 Å². The molecule has 1 saturated heterocycles. The number of fused-ring (bicyclic) bond motifs is 1. The molecule has 0 aromatic heterocycles. The van der Waals surface area contributed by atoms with E-state index in [1.165, 1.54) is 12.0 Å². The first-order valence-electron chi connectivity index (χ1n) is 14.3. The molecule has 3 aromatic carbocycles. The minimum Gasteiger partial charge on any atom is -0.354 e. The number of sulfonamides is 1. The lowest BCUT2D eigenvalue weighted by atomic mass is 10.00. The van der Waals surface area contributed by atoms with Crippen molar-refractivity contribution in [3.63, 3.8) is 0 Å². The maximum Gasteiger partial charge on any atom is 0.258 e. The highest BCUT2D eigenvalue weighted by atomic mass is 32.2. The van der Waals surface area contributed by atoms with Crippen LogP contribution in [0.3, 0.4) is 0 Å². The van der Waals surface area contributed by atoms with Gasteiger partial charge in [-0.25, -0.2) is 13.1 Å². The highest BCUT2D eigenvalue weighted by Gasteiger charge is 2.31. The number of hydrogen-bond donors (Lipinski definition) is 3. The Kier molecular flexibility index (Phi) is 7.70. The van der Waals surface area contributed by atoms with Crippen molar-refractivity contribution in [3.8, 4) is 0 Å². The van der Waals surface area contributed by atoms with E-state index in [1.807, 2.05) is 42.5 Å². The van der Waals surface area contributed by atoms with Crippen LogP contribution in [0.25, 0.3) is 11.3 Å². The van der Waals surface area contributed by atoms with Gasteiger partial charge in [-0.05, 0) is 80.7 Å². The van der Waals surface area contributed by atoms with E-state index in [1.54, 1.807) is 18.2 Å². The van der Waals surface area contributed by atoms with Gasteiger partial charge >= 0.3 is 0 Å². The van der Waals surface area contributed by atoms with Gasteiger partial charge in [0.2, 0.25) is 10.0 Å². The van der Waals surface area contributed by atoms with E-state index in [-0.39, 0.29) is 10.8 Å². The number of carbonyl (C=O) groups is 1. The molecule has 9 heteroatoms. The Hall–Kier alpha value is -3.50. The zero-order valence-corrected chi connectivity index (χ0v) is 24.4. The third-order valence-corrected chi connectivity index (χ3v) is 9.65. The quantitative estimate of drug-likeness (QED) is 0.312. The van der Waals surface area contributed by atoms with Gasteiger partial charge in [-0.3, -0.25) is 9.69 Å². The van der Waals surface area contributed by atoms with Gasteiger partial charge in [-0.15, -0.1) is 0 Å². The minimum atomic E-state index is -3.69. The van der Waals surface area contributed by atoms with E-state index >= 15 is 0 Å². The van der Waals surface area contributed by atoms with E-state index in [2.05, 4.69) is 51.4 Å². The maximum absolute atomic E-state index is 13.4. The molecule has 1 unspecified atom stereocenters. The summed E-state index contributed by atoms with van der Waals surface area (Å²) in [7, 11) is 0.593. The molecule has 1 amide bonds. The normalized spacial score (nSPS) is 20.3. The number of likely N-dealkylation sites (tertiary alicyclic amines) is 1. The second-order valence-corrected chi connectivity index (χ2v) is 13.3. The SMILES string of the molecule is CN(C)C1CCN(Cc2ccc(N/C(=C3\C(=O)Nc4ccc(S(=O)(=O)NCC5CC5)cc43)c3ccccc3)cc2)C1. The van der Waals surface area contributed by atoms with Gasteiger partial charge in [0.15, 0.2) is 0 Å². The van der Waals surface area contributed by atoms with Gasteiger partial charge < -0.3 is 15.5 Å². The summed E-state index contributed by atoms with van der Waals surface area (Å²) in [5.41, 5.74) is 5.13. The van der Waals surface area contributed by atoms with Crippen molar-refractivity contribution >= 4 is 38.6 Å². The van der Waals surface area contributed by atoms with Crippen molar-refractivity contribution < 1.29 is 13.2 Å². The molecule has 3 N–H and O–H groups in total. The summed E-state index contributed by atoms with van der Waals surface area (Å²) < 4.78 is 28.8. The van der Waals surface area contributed by atoms with Crippen molar-refractivity contribution in [1.29, 1.82) is 0 Å². The highest BCUT2D eigenvalue weighted by molar-refractivity contribution is 7.89. The van der Waals surface area contributed by atoms with Crippen LogP contribution in [0.15, 0.2) is 77.7 Å². The lowest BCUT2D eigenvalue weighted by molar-refractivity contribution is -0.110. The van der Waals surface area contributed by atoms with Crippen molar-refractivity contribution in [2.75, 3.05) is 44.4 Å². The van der Waals surface area contributed by atoms with Crippen LogP contribution >= 0.6 is 0 Å². The van der Waals surface area contributed by atoms with E-state index in [9.17, 15) is 13.2 Å². The van der Waals surface area contributed by atoms with Crippen LogP contribution in [0.2, 0.25) is 0 Å². The number of rotatable bonds is 10. The van der Waals surface area contributed by atoms with Crippen LogP contribution in [0.1, 0.15) is 36.0 Å². The molecule has 1 aliphatic carbocycles. The van der Waals surface area contributed by atoms with Gasteiger partial charge in [0.1, 0.15) is 0 Å². The van der Waals surface area contributed by atoms with E-state index in [0.29, 0.717) is 41.0 Å². The lowest BCUT2D eigenvalue weighted by Gasteiger charge is -2.20. The predicted octanol–water partition coefficient (Wildman–Crippen LogP) is 4.44. The fraction of sp³-hybridized carbons (Fsp3) is 0.344. The Bertz CT molecular complexity index is 1560. The average Bonchev–Trinajstić information content (AvgIpc) is 3.59. The average molecular weight is 572 g/mol. The molecule has 3 aliphatic rings. The Morgan fingerprint density at radius 2 is 1.76 bits per heavy atom. The van der Waals surface area contributed by atoms with Crippen molar-refractivity contribution in [2.24, 2.45) is 5.92 Å². The van der Waals surface area contributed by atoms with Gasteiger partial charge in [0.25, 0.3) is 5.91 Å². The Morgan fingerprint density at radius 1 is 1.00 bits per heavy atom. The molecular formula is C32H37N5O3S. The second kappa shape index (κ2) is 11.4. The summed E-state index contributed by atoms with van der Waals surface area (Å²) in [6.07, 6.45) is 3.30. The van der Waals surface area contributed by atoms with Gasteiger partial charge in [0.05, 0.1) is 16.2 Å². The third kappa shape index (κ3) is 6.23. The topological polar surface area (TPSA) is 93.8 Å². The number of carbonyl (C=O) groups excluding carboxylic acids is 1. The van der Waals surface area contributed by atoms with Crippen LogP contribution in [-0.2, 0) is 21.4 Å². The molecule has 1 saturated carbocycles. The molecular weight excluding hydrogens is 534 g/mol. The summed E-state index contributed by atoms with van der Waals surface area (Å²) in [6.45, 7) is 3.51. The molecule has 0 radical (unpaired) electrons. The molecule has 41 heavy (non-hydrogen) atoms. The summed E-state index contributed by atoms with van der Waals surface area (Å²) >= 11 is 0. The third-order valence-electron chi connectivity index (χ3n) is 8.22. The molecule has 6 rings (SSSR count). The van der Waals surface area contributed by atoms with Crippen molar-refractivity contribution in [3.05, 3.63) is 89.5 Å². The van der Waals surface area contributed by atoms with Gasteiger partial charge in [0, 0.05) is 49.2 Å². The number of anilines is 2. The highest BCUT2D eigenvalue weighted by Crippen LogP contribution is 2.39. The summed E-state index contributed by atoms with van der Waals surface area (Å²) in [5, 5.41) is 6.41. The minimum absolute atomic E-state index is 0.154. The van der Waals surface area contributed by atoms with Crippen molar-refractivity contribution in [2.45, 2.75) is 36.7 Å². The van der Waals surface area contributed by atoms with Crippen LogP contribution in [0, 0.1) is 5.92 Å². The molecule has 0 bridgehead atoms. The predicted molar refractivity (Wildman–Crippen MR) is 164 cm³/mol. The molecule has 214 valence electrons. The number of hydrogen-bond acceptors (Lipinski definition) is 6. The Labute approximate surface area is 242 Å². The fourth-order valence-corrected chi connectivity index (χ4v) is 6.69. The largest absolute Gasteiger partial charge is 0.354 e. The molecule has 1 atom stereocenters. The second-order valence-electron chi connectivity index (χ2n) is 11.5. The Morgan fingerprint density at radius 3 is 2.44 bits per heavy atom. The number of nitrogens with zero attached hydrogens (tertiary/aromatic N) is 2. The number of nitrogens with one attached hydrogen (secondary N) is 3. The molecule has 8 nitrogen and oxygen atoms in total.